The van der Waals surface area contributed by atoms with E-state index in [2.05, 4.69) is 0 Å². The van der Waals surface area contributed by atoms with Crippen LogP contribution in [0.1, 0.15) is 0 Å². The molecular formula is C15H26O13. The van der Waals surface area contributed by atoms with Gasteiger partial charge in [-0.15, -0.1) is 0 Å². The SMILES string of the molecule is OC[C@H]1O[C@H](O[C@@H]2[C@@H](O)[C@H](O[C@@H]3CO[C@@H](O)[C@H](O)[C@H]3O)OC[C@H]2O)[C@@H](O)[C@@H]1O. The van der Waals surface area contributed by atoms with Crippen molar-refractivity contribution < 1.29 is 64.5 Å². The molecule has 8 N–H and O–H groups in total. The maximum atomic E-state index is 10.5. The lowest BCUT2D eigenvalue weighted by Crippen LogP contribution is -2.60. The van der Waals surface area contributed by atoms with Crippen LogP contribution in [0.25, 0.3) is 0 Å². The Balaban J connectivity index is 1.62. The molecule has 13 heteroatoms. The predicted octanol–water partition coefficient (Wildman–Crippen LogP) is -5.66. The van der Waals surface area contributed by atoms with Gasteiger partial charge in [-0.05, 0) is 0 Å². The first-order valence-corrected chi connectivity index (χ1v) is 8.81. The molecule has 0 aromatic heterocycles. The minimum absolute atomic E-state index is 0.297. The summed E-state index contributed by atoms with van der Waals surface area (Å²) in [4.78, 5) is 0. The zero-order valence-corrected chi connectivity index (χ0v) is 14.7. The summed E-state index contributed by atoms with van der Waals surface area (Å²) in [7, 11) is 0. The van der Waals surface area contributed by atoms with Crippen LogP contribution < -0.4 is 0 Å². The fraction of sp³-hybridized carbons (Fsp3) is 1.00. The second-order valence-corrected chi connectivity index (χ2v) is 6.95. The van der Waals surface area contributed by atoms with Gasteiger partial charge in [0.05, 0.1) is 19.8 Å². The third-order valence-electron chi connectivity index (χ3n) is 4.98. The minimum atomic E-state index is -1.63. The summed E-state index contributed by atoms with van der Waals surface area (Å²) in [5.74, 6) is 0. The van der Waals surface area contributed by atoms with E-state index in [1.165, 1.54) is 0 Å². The molecule has 0 radical (unpaired) electrons. The van der Waals surface area contributed by atoms with Crippen LogP contribution >= 0.6 is 0 Å². The molecule has 13 nitrogen and oxygen atoms in total. The summed E-state index contributed by atoms with van der Waals surface area (Å²) in [6.07, 6.45) is -17.1. The van der Waals surface area contributed by atoms with Crippen molar-refractivity contribution in [2.45, 2.75) is 73.8 Å². The van der Waals surface area contributed by atoms with Crippen LogP contribution in [0.3, 0.4) is 0 Å². The summed E-state index contributed by atoms with van der Waals surface area (Å²) in [6.45, 7) is -1.21. The van der Waals surface area contributed by atoms with Crippen LogP contribution in [0.2, 0.25) is 0 Å². The molecule has 0 spiro atoms. The summed E-state index contributed by atoms with van der Waals surface area (Å²) in [5.41, 5.74) is 0. The predicted molar refractivity (Wildman–Crippen MR) is 83.2 cm³/mol. The molecule has 0 aromatic rings. The van der Waals surface area contributed by atoms with E-state index in [9.17, 15) is 35.7 Å². The second-order valence-electron chi connectivity index (χ2n) is 6.95. The summed E-state index contributed by atoms with van der Waals surface area (Å²) >= 11 is 0. The van der Waals surface area contributed by atoms with Crippen LogP contribution in [-0.4, -0.2) is 134 Å². The Morgan fingerprint density at radius 1 is 0.714 bits per heavy atom. The van der Waals surface area contributed by atoms with Gasteiger partial charge in [0.2, 0.25) is 0 Å². The normalized spacial score (nSPS) is 52.7. The van der Waals surface area contributed by atoms with E-state index in [-0.39, 0.29) is 13.2 Å². The Morgan fingerprint density at radius 3 is 2.07 bits per heavy atom. The molecule has 164 valence electrons. The maximum Gasteiger partial charge on any atom is 0.187 e. The van der Waals surface area contributed by atoms with Gasteiger partial charge < -0.3 is 64.5 Å². The molecule has 12 atom stereocenters. The van der Waals surface area contributed by atoms with Gasteiger partial charge in [0.15, 0.2) is 18.9 Å². The van der Waals surface area contributed by atoms with Gasteiger partial charge in [0.1, 0.15) is 54.9 Å². The Hall–Kier alpha value is -0.520. The largest absolute Gasteiger partial charge is 0.394 e. The second kappa shape index (κ2) is 9.09. The van der Waals surface area contributed by atoms with E-state index in [4.69, 9.17) is 28.8 Å². The number of aliphatic hydroxyl groups is 8. The molecule has 3 fully saturated rings. The highest BCUT2D eigenvalue weighted by molar-refractivity contribution is 4.91. The number of hydrogen-bond donors (Lipinski definition) is 8. The zero-order chi connectivity index (χ0) is 20.6. The molecule has 0 aliphatic carbocycles. The van der Waals surface area contributed by atoms with Crippen LogP contribution in [-0.2, 0) is 23.7 Å². The standard InChI is InChI=1S/C15H26O13/c16-1-5-7(18)10(21)15(26-5)28-12-4(17)2-25-14(11(12)22)27-6-3-24-13(23)9(20)8(6)19/h4-23H,1-3H2/t4-,5-,6-,7-,8+,9-,10+,11-,12+,13-,14+,15-/m1/s1. The highest BCUT2D eigenvalue weighted by Gasteiger charge is 2.49. The maximum absolute atomic E-state index is 10.5. The van der Waals surface area contributed by atoms with Gasteiger partial charge in [-0.2, -0.15) is 0 Å². The Kier molecular flexibility index (Phi) is 7.20. The van der Waals surface area contributed by atoms with Gasteiger partial charge in [0, 0.05) is 0 Å². The van der Waals surface area contributed by atoms with Gasteiger partial charge in [-0.1, -0.05) is 0 Å². The molecule has 3 heterocycles. The first-order valence-electron chi connectivity index (χ1n) is 8.81. The molecule has 3 aliphatic rings. The molecular weight excluding hydrogens is 388 g/mol. The van der Waals surface area contributed by atoms with Crippen LogP contribution in [0, 0.1) is 0 Å². The molecule has 3 rings (SSSR count). The fourth-order valence-corrected chi connectivity index (χ4v) is 3.26. The van der Waals surface area contributed by atoms with Crippen molar-refractivity contribution in [2.24, 2.45) is 0 Å². The minimum Gasteiger partial charge on any atom is -0.394 e. The van der Waals surface area contributed by atoms with Crippen LogP contribution in [0.4, 0.5) is 0 Å². The van der Waals surface area contributed by atoms with E-state index in [1.54, 1.807) is 0 Å². The van der Waals surface area contributed by atoms with E-state index < -0.39 is 80.4 Å². The number of aliphatic hydroxyl groups excluding tert-OH is 8. The van der Waals surface area contributed by atoms with Crippen LogP contribution in [0.15, 0.2) is 0 Å². The first-order chi connectivity index (χ1) is 13.2. The van der Waals surface area contributed by atoms with Crippen molar-refractivity contribution in [1.82, 2.24) is 0 Å². The van der Waals surface area contributed by atoms with Crippen molar-refractivity contribution in [1.29, 1.82) is 0 Å². The molecule has 28 heavy (non-hydrogen) atoms. The molecule has 3 saturated heterocycles. The molecule has 0 amide bonds. The van der Waals surface area contributed by atoms with Crippen molar-refractivity contribution >= 4 is 0 Å². The topological polar surface area (TPSA) is 208 Å². The van der Waals surface area contributed by atoms with E-state index in [0.717, 1.165) is 0 Å². The van der Waals surface area contributed by atoms with E-state index in [0.29, 0.717) is 0 Å². The van der Waals surface area contributed by atoms with Crippen molar-refractivity contribution in [2.75, 3.05) is 19.8 Å². The smallest absolute Gasteiger partial charge is 0.187 e. The third-order valence-corrected chi connectivity index (χ3v) is 4.98. The average Bonchev–Trinajstić information content (AvgIpc) is 2.95. The lowest BCUT2D eigenvalue weighted by molar-refractivity contribution is -0.338. The molecule has 0 aromatic carbocycles. The molecule has 0 saturated carbocycles. The highest BCUT2D eigenvalue weighted by atomic mass is 16.7. The van der Waals surface area contributed by atoms with E-state index >= 15 is 0 Å². The number of hydrogen-bond acceptors (Lipinski definition) is 13. The summed E-state index contributed by atoms with van der Waals surface area (Å²) in [6, 6.07) is 0. The third kappa shape index (κ3) is 4.32. The van der Waals surface area contributed by atoms with Gasteiger partial charge in [0.25, 0.3) is 0 Å². The van der Waals surface area contributed by atoms with Crippen molar-refractivity contribution in [3.63, 3.8) is 0 Å². The van der Waals surface area contributed by atoms with Gasteiger partial charge >= 0.3 is 0 Å². The lowest BCUT2D eigenvalue weighted by atomic mass is 10.0. The van der Waals surface area contributed by atoms with E-state index in [1.807, 2.05) is 0 Å². The fourth-order valence-electron chi connectivity index (χ4n) is 3.26. The summed E-state index contributed by atoms with van der Waals surface area (Å²) in [5, 5.41) is 78.3. The Bertz CT molecular complexity index is 508. The van der Waals surface area contributed by atoms with Crippen molar-refractivity contribution in [3.8, 4) is 0 Å². The number of rotatable bonds is 5. The molecule has 0 unspecified atom stereocenters. The van der Waals surface area contributed by atoms with Crippen molar-refractivity contribution in [3.05, 3.63) is 0 Å². The average molecular weight is 414 g/mol. The van der Waals surface area contributed by atoms with Gasteiger partial charge in [-0.3, -0.25) is 0 Å². The number of ether oxygens (including phenoxy) is 5. The Labute approximate surface area is 159 Å². The molecule has 0 bridgehead atoms. The van der Waals surface area contributed by atoms with Gasteiger partial charge in [-0.25, -0.2) is 0 Å². The van der Waals surface area contributed by atoms with Crippen LogP contribution in [0.5, 0.6) is 0 Å². The summed E-state index contributed by atoms with van der Waals surface area (Å²) < 4.78 is 26.0. The zero-order valence-electron chi connectivity index (χ0n) is 14.7. The lowest BCUT2D eigenvalue weighted by Gasteiger charge is -2.42. The Morgan fingerprint density at radius 2 is 1.43 bits per heavy atom. The monoisotopic (exact) mass is 414 g/mol. The highest BCUT2D eigenvalue weighted by Crippen LogP contribution is 2.29. The first kappa shape index (κ1) is 22.2. The molecule has 3 aliphatic heterocycles. The quantitative estimate of drug-likeness (QED) is 0.211.